The molecular weight excluding hydrogens is 180 g/mol. The zero-order chi connectivity index (χ0) is 10.5. The van der Waals surface area contributed by atoms with Gasteiger partial charge in [-0.25, -0.2) is 0 Å². The Balaban J connectivity index is 3.72. The molecule has 0 nitrogen and oxygen atoms in total. The molecule has 0 heterocycles. The summed E-state index contributed by atoms with van der Waals surface area (Å²) in [6, 6.07) is 0. The molecule has 0 aromatic heterocycles. The van der Waals surface area contributed by atoms with Gasteiger partial charge in [0.2, 0.25) is 0 Å². The molecule has 0 radical (unpaired) electrons. The number of alkyl halides is 1. The van der Waals surface area contributed by atoms with Crippen molar-refractivity contribution in [2.24, 2.45) is 17.3 Å². The average molecular weight is 205 g/mol. The van der Waals surface area contributed by atoms with Crippen LogP contribution in [0, 0.1) is 17.3 Å². The highest BCUT2D eigenvalue weighted by Gasteiger charge is 2.15. The maximum absolute atomic E-state index is 5.94. The van der Waals surface area contributed by atoms with E-state index < -0.39 is 0 Å². The first-order chi connectivity index (χ1) is 5.85. The topological polar surface area (TPSA) is 0 Å². The van der Waals surface area contributed by atoms with Gasteiger partial charge in [-0.1, -0.05) is 34.6 Å². The van der Waals surface area contributed by atoms with E-state index in [9.17, 15) is 0 Å². The fourth-order valence-electron chi connectivity index (χ4n) is 1.56. The third-order valence-corrected chi connectivity index (χ3v) is 2.76. The fraction of sp³-hybridized carbons (Fsp3) is 1.00. The summed E-state index contributed by atoms with van der Waals surface area (Å²) in [6.07, 6.45) is 3.85. The maximum atomic E-state index is 5.94. The van der Waals surface area contributed by atoms with E-state index in [1.807, 2.05) is 0 Å². The molecule has 0 aromatic carbocycles. The van der Waals surface area contributed by atoms with E-state index in [4.69, 9.17) is 11.6 Å². The van der Waals surface area contributed by atoms with Crippen LogP contribution in [0.1, 0.15) is 53.9 Å². The van der Waals surface area contributed by atoms with Crippen LogP contribution in [0.5, 0.6) is 0 Å². The van der Waals surface area contributed by atoms with Crippen molar-refractivity contribution >= 4 is 11.6 Å². The lowest BCUT2D eigenvalue weighted by atomic mass is 9.85. The van der Waals surface area contributed by atoms with Crippen molar-refractivity contribution in [2.75, 3.05) is 5.88 Å². The summed E-state index contributed by atoms with van der Waals surface area (Å²) in [6.45, 7) is 11.4. The smallest absolute Gasteiger partial charge is 0.0251 e. The molecule has 0 N–H and O–H groups in total. The third-order valence-electron chi connectivity index (χ3n) is 2.33. The molecule has 0 fully saturated rings. The second-order valence-electron chi connectivity index (χ2n) is 5.75. The lowest BCUT2D eigenvalue weighted by Gasteiger charge is -2.22. The predicted octanol–water partition coefficient (Wildman–Crippen LogP) is 4.71. The van der Waals surface area contributed by atoms with Crippen molar-refractivity contribution in [3.05, 3.63) is 0 Å². The molecule has 1 heteroatoms. The van der Waals surface area contributed by atoms with E-state index in [2.05, 4.69) is 34.6 Å². The van der Waals surface area contributed by atoms with Gasteiger partial charge in [0.15, 0.2) is 0 Å². The first-order valence-corrected chi connectivity index (χ1v) is 5.94. The van der Waals surface area contributed by atoms with E-state index in [0.717, 1.165) is 17.7 Å². The number of rotatable bonds is 5. The molecule has 0 aromatic rings. The van der Waals surface area contributed by atoms with Crippen molar-refractivity contribution in [3.63, 3.8) is 0 Å². The van der Waals surface area contributed by atoms with E-state index in [1.165, 1.54) is 19.3 Å². The van der Waals surface area contributed by atoms with Crippen LogP contribution >= 0.6 is 11.6 Å². The molecule has 0 spiro atoms. The molecule has 0 bridgehead atoms. The largest absolute Gasteiger partial charge is 0.126 e. The Hall–Kier alpha value is 0.290. The minimum absolute atomic E-state index is 0.460. The minimum Gasteiger partial charge on any atom is -0.126 e. The molecule has 0 saturated heterocycles. The second-order valence-corrected chi connectivity index (χ2v) is 6.06. The first kappa shape index (κ1) is 13.3. The Morgan fingerprint density at radius 2 is 1.69 bits per heavy atom. The minimum atomic E-state index is 0.460. The van der Waals surface area contributed by atoms with Crippen molar-refractivity contribution in [1.29, 1.82) is 0 Å². The van der Waals surface area contributed by atoms with Gasteiger partial charge < -0.3 is 0 Å². The van der Waals surface area contributed by atoms with E-state index in [-0.39, 0.29) is 0 Å². The SMILES string of the molecule is CC(C)CC(CCl)CCC(C)(C)C. The zero-order valence-electron chi connectivity index (χ0n) is 9.86. The summed E-state index contributed by atoms with van der Waals surface area (Å²) in [4.78, 5) is 0. The van der Waals surface area contributed by atoms with Gasteiger partial charge in [0.05, 0.1) is 0 Å². The number of hydrogen-bond donors (Lipinski definition) is 0. The van der Waals surface area contributed by atoms with Gasteiger partial charge in [0.1, 0.15) is 0 Å². The monoisotopic (exact) mass is 204 g/mol. The second kappa shape index (κ2) is 5.90. The van der Waals surface area contributed by atoms with Gasteiger partial charge >= 0.3 is 0 Å². The maximum Gasteiger partial charge on any atom is 0.0251 e. The summed E-state index contributed by atoms with van der Waals surface area (Å²) < 4.78 is 0. The molecule has 13 heavy (non-hydrogen) atoms. The van der Waals surface area contributed by atoms with Gasteiger partial charge in [-0.2, -0.15) is 0 Å². The number of halogens is 1. The quantitative estimate of drug-likeness (QED) is 0.569. The summed E-state index contributed by atoms with van der Waals surface area (Å²) in [7, 11) is 0. The first-order valence-electron chi connectivity index (χ1n) is 5.41. The van der Waals surface area contributed by atoms with E-state index in [0.29, 0.717) is 5.41 Å². The van der Waals surface area contributed by atoms with Crippen LogP contribution in [0.15, 0.2) is 0 Å². The van der Waals surface area contributed by atoms with Crippen LogP contribution in [0.4, 0.5) is 0 Å². The molecule has 0 saturated carbocycles. The third kappa shape index (κ3) is 8.62. The van der Waals surface area contributed by atoms with Crippen LogP contribution in [-0.4, -0.2) is 5.88 Å². The highest BCUT2D eigenvalue weighted by Crippen LogP contribution is 2.27. The molecule has 1 atom stereocenters. The van der Waals surface area contributed by atoms with Crippen molar-refractivity contribution in [1.82, 2.24) is 0 Å². The molecule has 0 aliphatic heterocycles. The van der Waals surface area contributed by atoms with Crippen molar-refractivity contribution < 1.29 is 0 Å². The van der Waals surface area contributed by atoms with Crippen LogP contribution in [-0.2, 0) is 0 Å². The lowest BCUT2D eigenvalue weighted by molar-refractivity contribution is 0.310. The predicted molar refractivity (Wildman–Crippen MR) is 62.4 cm³/mol. The summed E-state index contributed by atoms with van der Waals surface area (Å²) in [5.41, 5.74) is 0.460. The Labute approximate surface area is 89.1 Å². The van der Waals surface area contributed by atoms with Crippen molar-refractivity contribution in [2.45, 2.75) is 53.9 Å². The summed E-state index contributed by atoms with van der Waals surface area (Å²) in [5, 5.41) is 0. The average Bonchev–Trinajstić information content (AvgIpc) is 1.95. The van der Waals surface area contributed by atoms with Crippen LogP contribution in [0.25, 0.3) is 0 Å². The van der Waals surface area contributed by atoms with Crippen molar-refractivity contribution in [3.8, 4) is 0 Å². The molecule has 1 unspecified atom stereocenters. The number of hydrogen-bond acceptors (Lipinski definition) is 0. The molecule has 80 valence electrons. The Morgan fingerprint density at radius 3 is 2.00 bits per heavy atom. The van der Waals surface area contributed by atoms with E-state index >= 15 is 0 Å². The van der Waals surface area contributed by atoms with Crippen LogP contribution < -0.4 is 0 Å². The van der Waals surface area contributed by atoms with Gasteiger partial charge in [-0.15, -0.1) is 11.6 Å². The Bertz CT molecular complexity index is 122. The highest BCUT2D eigenvalue weighted by molar-refractivity contribution is 6.18. The zero-order valence-corrected chi connectivity index (χ0v) is 10.6. The molecule has 0 aliphatic carbocycles. The lowest BCUT2D eigenvalue weighted by Crippen LogP contribution is -2.12. The van der Waals surface area contributed by atoms with Crippen LogP contribution in [0.2, 0.25) is 0 Å². The highest BCUT2D eigenvalue weighted by atomic mass is 35.5. The standard InChI is InChI=1S/C12H25Cl/c1-10(2)8-11(9-13)6-7-12(3,4)5/h10-11H,6-9H2,1-5H3. The molecule has 0 aliphatic rings. The van der Waals surface area contributed by atoms with Gasteiger partial charge in [0, 0.05) is 5.88 Å². The molecule has 0 rings (SSSR count). The van der Waals surface area contributed by atoms with Crippen LogP contribution in [0.3, 0.4) is 0 Å². The Morgan fingerprint density at radius 1 is 1.15 bits per heavy atom. The van der Waals surface area contributed by atoms with Gasteiger partial charge in [0.25, 0.3) is 0 Å². The van der Waals surface area contributed by atoms with Gasteiger partial charge in [-0.05, 0) is 36.5 Å². The van der Waals surface area contributed by atoms with Gasteiger partial charge in [-0.3, -0.25) is 0 Å². The summed E-state index contributed by atoms with van der Waals surface area (Å²) in [5.74, 6) is 2.33. The normalized spacial score (nSPS) is 15.0. The molecule has 0 amide bonds. The Kier molecular flexibility index (Phi) is 6.04. The van der Waals surface area contributed by atoms with E-state index in [1.54, 1.807) is 0 Å². The fourth-order valence-corrected chi connectivity index (χ4v) is 1.84. The summed E-state index contributed by atoms with van der Waals surface area (Å²) >= 11 is 5.94. The molecular formula is C12H25Cl.